The first-order chi connectivity index (χ1) is 22.6. The van der Waals surface area contributed by atoms with Gasteiger partial charge in [-0.2, -0.15) is 8.42 Å². The lowest BCUT2D eigenvalue weighted by Crippen LogP contribution is -2.58. The number of halogens is 3. The minimum Gasteiger partial charge on any atom is -0.364 e. The van der Waals surface area contributed by atoms with Gasteiger partial charge < -0.3 is 20.5 Å². The molecule has 5 heterocycles. The molecule has 3 aliphatic heterocycles. The average Bonchev–Trinajstić information content (AvgIpc) is 3.69. The number of piperazine rings is 1. The van der Waals surface area contributed by atoms with Gasteiger partial charge in [-0.25, -0.2) is 4.98 Å². The Balaban J connectivity index is 0.954. The standard InChI is InChI=1S/C30H36BrCl2N11O2S/c1-2-22-17-43(29-25(33)14-21(15-34-29)36-28-27(35-20-5-6-20)40-47(45,46)41-28)11-12-44(22)23-7-9-42(10-8-23)16-18-3-4-19(32)13-24(18)26-37-30(31)39-38-26/h3-4,13-15,20,22-23H,2,5-12,16-17H2,1H3,(H,35,40)(H,36,41)(H,37,38,39)/t22-/m0/s1. The van der Waals surface area contributed by atoms with E-state index in [1.54, 1.807) is 12.3 Å². The Labute approximate surface area is 292 Å². The predicted molar refractivity (Wildman–Crippen MR) is 189 cm³/mol. The molecule has 47 heavy (non-hydrogen) atoms. The summed E-state index contributed by atoms with van der Waals surface area (Å²) in [5.74, 6) is 1.82. The summed E-state index contributed by atoms with van der Waals surface area (Å²) in [6.07, 6.45) is 6.86. The van der Waals surface area contributed by atoms with Crippen LogP contribution in [0.3, 0.4) is 0 Å². The molecular formula is C30H36BrCl2N11O2S. The van der Waals surface area contributed by atoms with Crippen molar-refractivity contribution in [2.45, 2.75) is 63.7 Å². The third-order valence-electron chi connectivity index (χ3n) is 9.15. The van der Waals surface area contributed by atoms with Crippen molar-refractivity contribution in [3.05, 3.63) is 50.8 Å². The minimum absolute atomic E-state index is 0.157. The van der Waals surface area contributed by atoms with E-state index in [0.717, 1.165) is 82.8 Å². The number of aromatic amines is 1. The summed E-state index contributed by atoms with van der Waals surface area (Å²) < 4.78 is 32.1. The summed E-state index contributed by atoms with van der Waals surface area (Å²) in [5.41, 5.74) is 2.70. The number of aromatic nitrogens is 4. The van der Waals surface area contributed by atoms with Gasteiger partial charge in [-0.3, -0.25) is 9.80 Å². The summed E-state index contributed by atoms with van der Waals surface area (Å²) in [6.45, 7) is 7.69. The van der Waals surface area contributed by atoms with Crippen LogP contribution in [-0.2, 0) is 16.8 Å². The topological polar surface area (TPSA) is 147 Å². The highest BCUT2D eigenvalue weighted by Gasteiger charge is 2.35. The number of hydrogen-bond donors (Lipinski definition) is 3. The average molecular weight is 766 g/mol. The van der Waals surface area contributed by atoms with Gasteiger partial charge in [-0.1, -0.05) is 36.2 Å². The molecule has 0 spiro atoms. The molecule has 0 unspecified atom stereocenters. The molecule has 0 amide bonds. The second-order valence-corrected chi connectivity index (χ2v) is 15.3. The maximum absolute atomic E-state index is 12.0. The third-order valence-corrected chi connectivity index (χ3v) is 10.8. The Morgan fingerprint density at radius 2 is 1.81 bits per heavy atom. The molecule has 1 saturated carbocycles. The van der Waals surface area contributed by atoms with Crippen molar-refractivity contribution < 1.29 is 8.42 Å². The first kappa shape index (κ1) is 32.7. The molecule has 17 heteroatoms. The van der Waals surface area contributed by atoms with Crippen molar-refractivity contribution in [3.63, 3.8) is 0 Å². The number of nitrogens with zero attached hydrogens (tertiary/aromatic N) is 8. The van der Waals surface area contributed by atoms with E-state index in [1.165, 1.54) is 5.56 Å². The molecule has 1 atom stereocenters. The van der Waals surface area contributed by atoms with E-state index < -0.39 is 10.2 Å². The predicted octanol–water partition coefficient (Wildman–Crippen LogP) is 4.72. The second-order valence-electron chi connectivity index (χ2n) is 12.4. The lowest BCUT2D eigenvalue weighted by molar-refractivity contribution is 0.0611. The molecule has 0 bridgehead atoms. The molecule has 2 saturated heterocycles. The van der Waals surface area contributed by atoms with Crippen LogP contribution in [-0.4, -0.2) is 101 Å². The van der Waals surface area contributed by atoms with Crippen LogP contribution < -0.4 is 15.5 Å². The molecule has 0 radical (unpaired) electrons. The zero-order valence-electron chi connectivity index (χ0n) is 25.8. The SMILES string of the molecule is CC[C@H]1CN(c2ncc(NC3=NS(=O)(=O)N=C3NC3CC3)cc2Cl)CCN1C1CCN(Cc2ccc(Cl)cc2-c2nnc(Br)[nH]2)CC1. The van der Waals surface area contributed by atoms with E-state index in [9.17, 15) is 8.42 Å². The monoisotopic (exact) mass is 763 g/mol. The number of anilines is 2. The lowest BCUT2D eigenvalue weighted by atomic mass is 9.97. The number of pyridine rings is 1. The van der Waals surface area contributed by atoms with Crippen LogP contribution in [0.5, 0.6) is 0 Å². The molecule has 3 fully saturated rings. The molecule has 2 aromatic heterocycles. The molecule has 4 aliphatic rings. The summed E-state index contributed by atoms with van der Waals surface area (Å²) in [5, 5.41) is 15.7. The molecule has 1 aliphatic carbocycles. The van der Waals surface area contributed by atoms with Crippen molar-refractivity contribution in [2.24, 2.45) is 8.80 Å². The van der Waals surface area contributed by atoms with Crippen LogP contribution in [0.2, 0.25) is 10.0 Å². The van der Waals surface area contributed by atoms with Crippen molar-refractivity contribution in [2.75, 3.05) is 42.9 Å². The number of likely N-dealkylation sites (tertiary alicyclic amines) is 1. The molecule has 250 valence electrons. The van der Waals surface area contributed by atoms with Crippen LogP contribution in [0.4, 0.5) is 11.5 Å². The summed E-state index contributed by atoms with van der Waals surface area (Å²) >= 11 is 16.5. The maximum atomic E-state index is 12.0. The molecule has 13 nitrogen and oxygen atoms in total. The van der Waals surface area contributed by atoms with Crippen LogP contribution >= 0.6 is 39.1 Å². The number of hydrogen-bond acceptors (Lipinski definition) is 10. The zero-order chi connectivity index (χ0) is 32.7. The number of amidine groups is 2. The van der Waals surface area contributed by atoms with Gasteiger partial charge in [0, 0.05) is 54.9 Å². The van der Waals surface area contributed by atoms with Gasteiger partial charge in [0.15, 0.2) is 22.2 Å². The van der Waals surface area contributed by atoms with Gasteiger partial charge in [0.1, 0.15) is 5.82 Å². The van der Waals surface area contributed by atoms with Crippen molar-refractivity contribution in [1.29, 1.82) is 0 Å². The van der Waals surface area contributed by atoms with E-state index in [1.807, 2.05) is 12.1 Å². The van der Waals surface area contributed by atoms with Gasteiger partial charge in [0.25, 0.3) is 0 Å². The van der Waals surface area contributed by atoms with E-state index in [4.69, 9.17) is 28.2 Å². The van der Waals surface area contributed by atoms with Crippen LogP contribution in [0.15, 0.2) is 44.0 Å². The van der Waals surface area contributed by atoms with Crippen molar-refractivity contribution >= 4 is 72.5 Å². The van der Waals surface area contributed by atoms with Crippen LogP contribution in [0, 0.1) is 0 Å². The molecule has 3 aromatic rings. The summed E-state index contributed by atoms with van der Waals surface area (Å²) in [4.78, 5) is 15.3. The number of piperidine rings is 1. The van der Waals surface area contributed by atoms with Crippen molar-refractivity contribution in [1.82, 2.24) is 35.3 Å². The quantitative estimate of drug-likeness (QED) is 0.295. The fourth-order valence-electron chi connectivity index (χ4n) is 6.63. The largest absolute Gasteiger partial charge is 0.367 e. The van der Waals surface area contributed by atoms with E-state index >= 15 is 0 Å². The Kier molecular flexibility index (Phi) is 9.46. The highest BCUT2D eigenvalue weighted by Crippen LogP contribution is 2.32. The van der Waals surface area contributed by atoms with Gasteiger partial charge in [0.05, 0.1) is 16.9 Å². The van der Waals surface area contributed by atoms with Crippen LogP contribution in [0.1, 0.15) is 44.6 Å². The molecule has 1 aromatic carbocycles. The first-order valence-electron chi connectivity index (χ1n) is 15.9. The minimum atomic E-state index is -3.90. The highest BCUT2D eigenvalue weighted by molar-refractivity contribution is 9.10. The van der Waals surface area contributed by atoms with Gasteiger partial charge in [-0.05, 0) is 84.9 Å². The zero-order valence-corrected chi connectivity index (χ0v) is 29.7. The summed E-state index contributed by atoms with van der Waals surface area (Å²) in [6, 6.07) is 8.86. The van der Waals surface area contributed by atoms with E-state index in [-0.39, 0.29) is 17.7 Å². The van der Waals surface area contributed by atoms with E-state index in [2.05, 4.69) is 78.2 Å². The van der Waals surface area contributed by atoms with Gasteiger partial charge in [-0.15, -0.1) is 19.0 Å². The molecule has 3 N–H and O–H groups in total. The fourth-order valence-corrected chi connectivity index (χ4v) is 8.13. The smallest absolute Gasteiger partial charge is 0.364 e. The highest BCUT2D eigenvalue weighted by atomic mass is 79.9. The second kappa shape index (κ2) is 13.6. The summed E-state index contributed by atoms with van der Waals surface area (Å²) in [7, 11) is -3.90. The normalized spacial score (nSPS) is 22.3. The Morgan fingerprint density at radius 1 is 1.02 bits per heavy atom. The van der Waals surface area contributed by atoms with E-state index in [0.29, 0.717) is 38.4 Å². The Hall–Kier alpha value is -2.82. The van der Waals surface area contributed by atoms with Crippen molar-refractivity contribution in [3.8, 4) is 11.4 Å². The molecule has 7 rings (SSSR count). The fraction of sp³-hybridized carbons (Fsp3) is 0.500. The Morgan fingerprint density at radius 3 is 2.51 bits per heavy atom. The number of H-pyrrole nitrogens is 1. The third kappa shape index (κ3) is 7.60. The van der Waals surface area contributed by atoms with Gasteiger partial charge >= 0.3 is 10.2 Å². The van der Waals surface area contributed by atoms with Crippen LogP contribution in [0.25, 0.3) is 11.4 Å². The number of nitrogens with one attached hydrogen (secondary N) is 3. The number of benzene rings is 1. The first-order valence-corrected chi connectivity index (χ1v) is 18.8. The Bertz CT molecular complexity index is 1810. The number of rotatable bonds is 8. The molecular weight excluding hydrogens is 729 g/mol. The lowest BCUT2D eigenvalue weighted by Gasteiger charge is -2.47. The van der Waals surface area contributed by atoms with Gasteiger partial charge in [0.2, 0.25) is 0 Å². The maximum Gasteiger partial charge on any atom is 0.367 e.